The van der Waals surface area contributed by atoms with Gasteiger partial charge in [0.15, 0.2) is 0 Å². The molecule has 3 rings (SSSR count). The van der Waals surface area contributed by atoms with E-state index in [9.17, 15) is 5.11 Å². The first kappa shape index (κ1) is 11.1. The maximum atomic E-state index is 10.5. The second-order valence-electron chi connectivity index (χ2n) is 4.51. The van der Waals surface area contributed by atoms with Crippen LogP contribution in [-0.2, 0) is 7.05 Å². The molecule has 0 saturated heterocycles. The van der Waals surface area contributed by atoms with Gasteiger partial charge < -0.3 is 9.67 Å². The number of hydrogen-bond donors (Lipinski definition) is 1. The summed E-state index contributed by atoms with van der Waals surface area (Å²) in [6, 6.07) is 18.1. The minimum Gasteiger partial charge on any atom is -0.382 e. The predicted molar refractivity (Wildman–Crippen MR) is 73.4 cm³/mol. The van der Waals surface area contributed by atoms with E-state index in [2.05, 4.69) is 18.2 Å². The first-order valence-electron chi connectivity index (χ1n) is 6.04. The smallest absolute Gasteiger partial charge is 0.120 e. The van der Waals surface area contributed by atoms with Gasteiger partial charge >= 0.3 is 0 Å². The van der Waals surface area contributed by atoms with Crippen LogP contribution in [0.5, 0.6) is 0 Å². The molecule has 1 N–H and O–H groups in total. The fourth-order valence-corrected chi connectivity index (χ4v) is 2.41. The highest BCUT2D eigenvalue weighted by molar-refractivity contribution is 5.86. The number of nitrogens with zero attached hydrogens (tertiary/aromatic N) is 1. The molecule has 0 aliphatic rings. The first-order valence-corrected chi connectivity index (χ1v) is 6.04. The zero-order valence-electron chi connectivity index (χ0n) is 10.2. The number of aliphatic hydroxyl groups excluding tert-OH is 1. The molecule has 18 heavy (non-hydrogen) atoms. The maximum Gasteiger partial charge on any atom is 0.120 e. The standard InChI is InChI=1S/C16H15NO/c1-17-11-5-10-15(17)16(18)14-9-4-7-12-6-2-3-8-13(12)14/h2-11,16,18H,1H3. The topological polar surface area (TPSA) is 25.2 Å². The molecule has 3 aromatic rings. The Morgan fingerprint density at radius 3 is 2.50 bits per heavy atom. The SMILES string of the molecule is Cn1cccc1C(O)c1cccc2ccccc12. The van der Waals surface area contributed by atoms with Crippen molar-refractivity contribution in [2.24, 2.45) is 7.05 Å². The Kier molecular flexibility index (Phi) is 2.65. The number of hydrogen-bond acceptors (Lipinski definition) is 1. The number of aliphatic hydroxyl groups is 1. The Labute approximate surface area is 106 Å². The second kappa shape index (κ2) is 4.31. The average molecular weight is 237 g/mol. The van der Waals surface area contributed by atoms with Crippen molar-refractivity contribution in [3.8, 4) is 0 Å². The van der Waals surface area contributed by atoms with E-state index in [1.807, 2.05) is 54.2 Å². The van der Waals surface area contributed by atoms with Gasteiger partial charge in [-0.05, 0) is 28.5 Å². The Morgan fingerprint density at radius 2 is 1.72 bits per heavy atom. The van der Waals surface area contributed by atoms with E-state index in [1.165, 1.54) is 0 Å². The molecule has 0 radical (unpaired) electrons. The molecule has 0 bridgehead atoms. The van der Waals surface area contributed by atoms with Crippen LogP contribution in [0.3, 0.4) is 0 Å². The molecule has 1 unspecified atom stereocenters. The maximum absolute atomic E-state index is 10.5. The van der Waals surface area contributed by atoms with Crippen LogP contribution in [0.15, 0.2) is 60.8 Å². The molecule has 0 aliphatic carbocycles. The molecule has 0 fully saturated rings. The lowest BCUT2D eigenvalue weighted by Crippen LogP contribution is -2.05. The van der Waals surface area contributed by atoms with E-state index in [4.69, 9.17) is 0 Å². The van der Waals surface area contributed by atoms with Crippen LogP contribution < -0.4 is 0 Å². The zero-order chi connectivity index (χ0) is 12.5. The van der Waals surface area contributed by atoms with Gasteiger partial charge in [-0.1, -0.05) is 42.5 Å². The molecule has 0 spiro atoms. The highest BCUT2D eigenvalue weighted by Crippen LogP contribution is 2.28. The van der Waals surface area contributed by atoms with Gasteiger partial charge in [-0.2, -0.15) is 0 Å². The third kappa shape index (κ3) is 1.71. The summed E-state index contributed by atoms with van der Waals surface area (Å²) in [5, 5.41) is 12.8. The van der Waals surface area contributed by atoms with E-state index >= 15 is 0 Å². The summed E-state index contributed by atoms with van der Waals surface area (Å²) in [6.45, 7) is 0. The third-order valence-corrected chi connectivity index (χ3v) is 3.38. The fourth-order valence-electron chi connectivity index (χ4n) is 2.41. The van der Waals surface area contributed by atoms with Crippen molar-refractivity contribution in [1.82, 2.24) is 4.57 Å². The molecule has 2 heteroatoms. The second-order valence-corrected chi connectivity index (χ2v) is 4.51. The van der Waals surface area contributed by atoms with Crippen molar-refractivity contribution in [3.63, 3.8) is 0 Å². The van der Waals surface area contributed by atoms with Crippen LogP contribution >= 0.6 is 0 Å². The summed E-state index contributed by atoms with van der Waals surface area (Å²) >= 11 is 0. The molecule has 0 amide bonds. The largest absolute Gasteiger partial charge is 0.382 e. The van der Waals surface area contributed by atoms with Crippen molar-refractivity contribution < 1.29 is 5.11 Å². The molecular formula is C16H15NO. The summed E-state index contributed by atoms with van der Waals surface area (Å²) in [5.41, 5.74) is 1.86. The van der Waals surface area contributed by atoms with Crippen LogP contribution in [0.2, 0.25) is 0 Å². The normalized spacial score (nSPS) is 12.8. The third-order valence-electron chi connectivity index (χ3n) is 3.38. The van der Waals surface area contributed by atoms with Crippen LogP contribution in [-0.4, -0.2) is 9.67 Å². The van der Waals surface area contributed by atoms with Crippen molar-refractivity contribution >= 4 is 10.8 Å². The molecule has 2 aromatic carbocycles. The summed E-state index contributed by atoms with van der Waals surface area (Å²) in [4.78, 5) is 0. The predicted octanol–water partition coefficient (Wildman–Crippen LogP) is 3.26. The van der Waals surface area contributed by atoms with Gasteiger partial charge in [-0.15, -0.1) is 0 Å². The zero-order valence-corrected chi connectivity index (χ0v) is 10.2. The van der Waals surface area contributed by atoms with E-state index in [-0.39, 0.29) is 0 Å². The van der Waals surface area contributed by atoms with Gasteiger partial charge in [0.1, 0.15) is 6.10 Å². The molecular weight excluding hydrogens is 222 g/mol. The number of benzene rings is 2. The quantitative estimate of drug-likeness (QED) is 0.727. The molecule has 1 aromatic heterocycles. The summed E-state index contributed by atoms with van der Waals surface area (Å²) in [6.07, 6.45) is 1.36. The fraction of sp³-hybridized carbons (Fsp3) is 0.125. The van der Waals surface area contributed by atoms with E-state index < -0.39 is 6.10 Å². The van der Waals surface area contributed by atoms with Gasteiger partial charge in [0.05, 0.1) is 5.69 Å². The Morgan fingerprint density at radius 1 is 0.944 bits per heavy atom. The number of fused-ring (bicyclic) bond motifs is 1. The van der Waals surface area contributed by atoms with E-state index in [1.54, 1.807) is 0 Å². The Balaban J connectivity index is 2.18. The summed E-state index contributed by atoms with van der Waals surface area (Å²) in [7, 11) is 1.95. The average Bonchev–Trinajstić information content (AvgIpc) is 2.83. The molecule has 1 atom stereocenters. The molecule has 2 nitrogen and oxygen atoms in total. The Hall–Kier alpha value is -2.06. The van der Waals surface area contributed by atoms with E-state index in [0.29, 0.717) is 0 Å². The van der Waals surface area contributed by atoms with Crippen molar-refractivity contribution in [2.45, 2.75) is 6.10 Å². The lowest BCUT2D eigenvalue weighted by atomic mass is 9.99. The lowest BCUT2D eigenvalue weighted by Gasteiger charge is -2.14. The number of rotatable bonds is 2. The van der Waals surface area contributed by atoms with Crippen molar-refractivity contribution in [1.29, 1.82) is 0 Å². The molecule has 0 aliphatic heterocycles. The Bertz CT molecular complexity index is 679. The van der Waals surface area contributed by atoms with Gasteiger partial charge in [0.25, 0.3) is 0 Å². The van der Waals surface area contributed by atoms with Crippen LogP contribution in [0.4, 0.5) is 0 Å². The number of aromatic nitrogens is 1. The molecule has 1 heterocycles. The van der Waals surface area contributed by atoms with Crippen molar-refractivity contribution in [2.75, 3.05) is 0 Å². The highest BCUT2D eigenvalue weighted by atomic mass is 16.3. The number of aryl methyl sites for hydroxylation is 1. The highest BCUT2D eigenvalue weighted by Gasteiger charge is 2.15. The summed E-state index contributed by atoms with van der Waals surface area (Å²) in [5.74, 6) is 0. The lowest BCUT2D eigenvalue weighted by molar-refractivity contribution is 0.213. The van der Waals surface area contributed by atoms with Crippen LogP contribution in [0.1, 0.15) is 17.4 Å². The monoisotopic (exact) mass is 237 g/mol. The van der Waals surface area contributed by atoms with Gasteiger partial charge in [-0.3, -0.25) is 0 Å². The molecule has 90 valence electrons. The van der Waals surface area contributed by atoms with Crippen LogP contribution in [0, 0.1) is 0 Å². The summed E-state index contributed by atoms with van der Waals surface area (Å²) < 4.78 is 1.95. The van der Waals surface area contributed by atoms with Crippen molar-refractivity contribution in [3.05, 3.63) is 72.1 Å². The van der Waals surface area contributed by atoms with E-state index in [0.717, 1.165) is 22.0 Å². The first-order chi connectivity index (χ1) is 8.77. The van der Waals surface area contributed by atoms with Crippen LogP contribution in [0.25, 0.3) is 10.8 Å². The minimum absolute atomic E-state index is 0.587. The molecule has 0 saturated carbocycles. The van der Waals surface area contributed by atoms with Gasteiger partial charge in [0, 0.05) is 13.2 Å². The van der Waals surface area contributed by atoms with Gasteiger partial charge in [0.2, 0.25) is 0 Å². The minimum atomic E-state index is -0.587. The van der Waals surface area contributed by atoms with Gasteiger partial charge in [-0.25, -0.2) is 0 Å².